The highest BCUT2D eigenvalue weighted by Gasteiger charge is 2.19. The summed E-state index contributed by atoms with van der Waals surface area (Å²) in [5.41, 5.74) is 1.48. The van der Waals surface area contributed by atoms with Crippen LogP contribution in [-0.4, -0.2) is 13.1 Å². The fourth-order valence-electron chi connectivity index (χ4n) is 1.51. The monoisotopic (exact) mass is 195 g/mol. The molecule has 1 nitrogen and oxygen atoms in total. The van der Waals surface area contributed by atoms with Crippen molar-refractivity contribution in [2.24, 2.45) is 5.92 Å². The summed E-state index contributed by atoms with van der Waals surface area (Å²) in [4.78, 5) is 0. The van der Waals surface area contributed by atoms with Gasteiger partial charge in [-0.25, -0.2) is 0 Å². The van der Waals surface area contributed by atoms with Crippen LogP contribution in [0.5, 0.6) is 0 Å². The van der Waals surface area contributed by atoms with Gasteiger partial charge in [-0.1, -0.05) is 12.8 Å². The first-order chi connectivity index (χ1) is 6.45. The molecule has 0 spiro atoms. The molecule has 0 aliphatic heterocycles. The van der Waals surface area contributed by atoms with E-state index in [0.29, 0.717) is 0 Å². The van der Waals surface area contributed by atoms with Gasteiger partial charge >= 0.3 is 0 Å². The van der Waals surface area contributed by atoms with Gasteiger partial charge < -0.3 is 5.32 Å². The Morgan fingerprint density at radius 1 is 1.38 bits per heavy atom. The summed E-state index contributed by atoms with van der Waals surface area (Å²) in [6, 6.07) is 2.22. The molecule has 0 unspecified atom stereocenters. The van der Waals surface area contributed by atoms with Crippen molar-refractivity contribution in [3.05, 3.63) is 22.4 Å². The summed E-state index contributed by atoms with van der Waals surface area (Å²) in [5, 5.41) is 7.89. The minimum atomic E-state index is 1.06. The van der Waals surface area contributed by atoms with E-state index < -0.39 is 0 Å². The molecule has 1 aromatic rings. The molecule has 1 saturated carbocycles. The lowest BCUT2D eigenvalue weighted by molar-refractivity contribution is 0.613. The second-order valence-electron chi connectivity index (χ2n) is 3.86. The average molecular weight is 195 g/mol. The predicted octanol–water partition coefficient (Wildman–Crippen LogP) is 2.68. The molecule has 2 heteroatoms. The van der Waals surface area contributed by atoms with E-state index in [-0.39, 0.29) is 0 Å². The Balaban J connectivity index is 1.48. The summed E-state index contributed by atoms with van der Waals surface area (Å²) in [5.74, 6) is 1.06. The van der Waals surface area contributed by atoms with E-state index in [0.717, 1.165) is 12.5 Å². The molecule has 1 aliphatic rings. The van der Waals surface area contributed by atoms with Crippen LogP contribution in [0.25, 0.3) is 0 Å². The first-order valence-electron chi connectivity index (χ1n) is 5.17. The molecule has 72 valence electrons. The van der Waals surface area contributed by atoms with Gasteiger partial charge in [-0.15, -0.1) is 0 Å². The van der Waals surface area contributed by atoms with Crippen molar-refractivity contribution < 1.29 is 0 Å². The summed E-state index contributed by atoms with van der Waals surface area (Å²) < 4.78 is 0. The van der Waals surface area contributed by atoms with Crippen molar-refractivity contribution in [1.82, 2.24) is 5.32 Å². The van der Waals surface area contributed by atoms with Gasteiger partial charge in [0.1, 0.15) is 0 Å². The normalized spacial score (nSPS) is 16.3. The van der Waals surface area contributed by atoms with E-state index in [9.17, 15) is 0 Å². The standard InChI is InChI=1S/C11H17NS/c1-2-10(1)3-6-12-7-4-11-5-8-13-9-11/h5,8-10,12H,1-4,6-7H2. The largest absolute Gasteiger partial charge is 0.316 e. The number of rotatable bonds is 6. The van der Waals surface area contributed by atoms with Crippen molar-refractivity contribution in [2.45, 2.75) is 25.7 Å². The van der Waals surface area contributed by atoms with Gasteiger partial charge in [-0.05, 0) is 54.2 Å². The highest BCUT2D eigenvalue weighted by Crippen LogP contribution is 2.31. The molecule has 1 aromatic heterocycles. The number of hydrogen-bond acceptors (Lipinski definition) is 2. The van der Waals surface area contributed by atoms with E-state index in [1.54, 1.807) is 11.3 Å². The molecule has 0 bridgehead atoms. The Morgan fingerprint density at radius 2 is 2.31 bits per heavy atom. The van der Waals surface area contributed by atoms with Crippen LogP contribution in [0, 0.1) is 5.92 Å². The summed E-state index contributed by atoms with van der Waals surface area (Å²) in [6.07, 6.45) is 5.54. The molecule has 1 N–H and O–H groups in total. The zero-order valence-electron chi connectivity index (χ0n) is 7.96. The minimum Gasteiger partial charge on any atom is -0.316 e. The zero-order valence-corrected chi connectivity index (χ0v) is 8.78. The van der Waals surface area contributed by atoms with E-state index in [1.807, 2.05) is 0 Å². The van der Waals surface area contributed by atoms with Crippen LogP contribution in [0.15, 0.2) is 16.8 Å². The molecule has 0 atom stereocenters. The molecule has 2 rings (SSSR count). The van der Waals surface area contributed by atoms with Crippen molar-refractivity contribution in [2.75, 3.05) is 13.1 Å². The molecule has 0 saturated heterocycles. The lowest BCUT2D eigenvalue weighted by atomic mass is 10.2. The van der Waals surface area contributed by atoms with Crippen LogP contribution in [-0.2, 0) is 6.42 Å². The van der Waals surface area contributed by atoms with Crippen LogP contribution in [0.3, 0.4) is 0 Å². The highest BCUT2D eigenvalue weighted by molar-refractivity contribution is 7.07. The van der Waals surface area contributed by atoms with Gasteiger partial charge in [0.25, 0.3) is 0 Å². The highest BCUT2D eigenvalue weighted by atomic mass is 32.1. The molecule has 1 aliphatic carbocycles. The third-order valence-electron chi connectivity index (χ3n) is 2.60. The SMILES string of the molecule is c1cc(CCNCCC2CC2)cs1. The van der Waals surface area contributed by atoms with Gasteiger partial charge in [0.2, 0.25) is 0 Å². The smallest absolute Gasteiger partial charge is 0.000806 e. The summed E-state index contributed by atoms with van der Waals surface area (Å²) in [6.45, 7) is 2.36. The van der Waals surface area contributed by atoms with Crippen molar-refractivity contribution in [3.8, 4) is 0 Å². The fourth-order valence-corrected chi connectivity index (χ4v) is 2.21. The second-order valence-corrected chi connectivity index (χ2v) is 4.64. The maximum atomic E-state index is 3.50. The minimum absolute atomic E-state index is 1.06. The lowest BCUT2D eigenvalue weighted by Gasteiger charge is -2.02. The van der Waals surface area contributed by atoms with Gasteiger partial charge in [0, 0.05) is 0 Å². The van der Waals surface area contributed by atoms with Crippen LogP contribution >= 0.6 is 11.3 Å². The molecular formula is C11H17NS. The lowest BCUT2D eigenvalue weighted by Crippen LogP contribution is -2.18. The van der Waals surface area contributed by atoms with Gasteiger partial charge in [0.15, 0.2) is 0 Å². The van der Waals surface area contributed by atoms with E-state index in [2.05, 4.69) is 22.1 Å². The number of hydrogen-bond donors (Lipinski definition) is 1. The number of thiophene rings is 1. The Hall–Kier alpha value is -0.340. The molecule has 0 radical (unpaired) electrons. The Labute approximate surface area is 84.2 Å². The Morgan fingerprint density at radius 3 is 3.00 bits per heavy atom. The second kappa shape index (κ2) is 4.77. The first-order valence-corrected chi connectivity index (χ1v) is 6.11. The molecule has 0 amide bonds. The van der Waals surface area contributed by atoms with Gasteiger partial charge in [-0.3, -0.25) is 0 Å². The maximum absolute atomic E-state index is 3.50. The molecule has 1 fully saturated rings. The maximum Gasteiger partial charge on any atom is -0.000806 e. The summed E-state index contributed by atoms with van der Waals surface area (Å²) >= 11 is 1.79. The van der Waals surface area contributed by atoms with Crippen LogP contribution in [0.4, 0.5) is 0 Å². The topological polar surface area (TPSA) is 12.0 Å². The van der Waals surface area contributed by atoms with Crippen molar-refractivity contribution in [3.63, 3.8) is 0 Å². The number of nitrogens with one attached hydrogen (secondary N) is 1. The van der Waals surface area contributed by atoms with E-state index in [1.165, 1.54) is 37.8 Å². The van der Waals surface area contributed by atoms with E-state index >= 15 is 0 Å². The third kappa shape index (κ3) is 3.49. The molecule has 1 heterocycles. The van der Waals surface area contributed by atoms with Crippen LogP contribution in [0.1, 0.15) is 24.8 Å². The Kier molecular flexibility index (Phi) is 3.39. The predicted molar refractivity (Wildman–Crippen MR) is 58.2 cm³/mol. The zero-order chi connectivity index (χ0) is 8.93. The Bertz CT molecular complexity index is 226. The van der Waals surface area contributed by atoms with Crippen LogP contribution < -0.4 is 5.32 Å². The van der Waals surface area contributed by atoms with Crippen molar-refractivity contribution >= 4 is 11.3 Å². The quantitative estimate of drug-likeness (QED) is 0.688. The van der Waals surface area contributed by atoms with E-state index in [4.69, 9.17) is 0 Å². The molecular weight excluding hydrogens is 178 g/mol. The van der Waals surface area contributed by atoms with Crippen LogP contribution in [0.2, 0.25) is 0 Å². The average Bonchev–Trinajstić information content (AvgIpc) is 2.81. The third-order valence-corrected chi connectivity index (χ3v) is 3.33. The van der Waals surface area contributed by atoms with Crippen molar-refractivity contribution in [1.29, 1.82) is 0 Å². The van der Waals surface area contributed by atoms with Gasteiger partial charge in [0.05, 0.1) is 0 Å². The van der Waals surface area contributed by atoms with Gasteiger partial charge in [-0.2, -0.15) is 11.3 Å². The first kappa shape index (κ1) is 9.22. The summed E-state index contributed by atoms with van der Waals surface area (Å²) in [7, 11) is 0. The molecule has 0 aromatic carbocycles. The molecule has 13 heavy (non-hydrogen) atoms. The fraction of sp³-hybridized carbons (Fsp3) is 0.636.